The molecule has 25 heavy (non-hydrogen) atoms. The van der Waals surface area contributed by atoms with Gasteiger partial charge in [0.25, 0.3) is 11.6 Å². The number of carbonyl (C=O) groups is 1. The Morgan fingerprint density at radius 2 is 1.80 bits per heavy atom. The standard InChI is InChI=1S/C18H26N4O3/c1-12(2)7-9-21(10-8-13(3)4)18(23)17-15-11-14(22(24)25)5-6-16(15)19-20-17/h5-6,11-13H,7-10H2,1-4H3,(H,19,20). The van der Waals surface area contributed by atoms with Crippen LogP contribution in [0, 0.1) is 22.0 Å². The van der Waals surface area contributed by atoms with Crippen molar-refractivity contribution in [2.45, 2.75) is 40.5 Å². The minimum atomic E-state index is -0.462. The van der Waals surface area contributed by atoms with Crippen LogP contribution in [0.25, 0.3) is 10.9 Å². The molecule has 0 radical (unpaired) electrons. The fraction of sp³-hybridized carbons (Fsp3) is 0.556. The van der Waals surface area contributed by atoms with Crippen LogP contribution in [0.4, 0.5) is 5.69 Å². The van der Waals surface area contributed by atoms with Gasteiger partial charge in [-0.3, -0.25) is 20.0 Å². The van der Waals surface area contributed by atoms with Crippen molar-refractivity contribution in [3.8, 4) is 0 Å². The number of H-pyrrole nitrogens is 1. The molecular weight excluding hydrogens is 320 g/mol. The second-order valence-electron chi connectivity index (χ2n) is 7.22. The summed E-state index contributed by atoms with van der Waals surface area (Å²) in [6.07, 6.45) is 1.82. The van der Waals surface area contributed by atoms with Gasteiger partial charge in [0, 0.05) is 30.6 Å². The summed E-state index contributed by atoms with van der Waals surface area (Å²) in [7, 11) is 0. The molecule has 1 heterocycles. The summed E-state index contributed by atoms with van der Waals surface area (Å²) in [6.45, 7) is 9.81. The van der Waals surface area contributed by atoms with Gasteiger partial charge in [0.05, 0.1) is 10.4 Å². The number of amides is 1. The Hall–Kier alpha value is -2.44. The number of aromatic amines is 1. The van der Waals surface area contributed by atoms with E-state index < -0.39 is 4.92 Å². The highest BCUT2D eigenvalue weighted by molar-refractivity contribution is 6.05. The molecular formula is C18H26N4O3. The molecule has 0 saturated heterocycles. The van der Waals surface area contributed by atoms with Gasteiger partial charge in [-0.1, -0.05) is 27.7 Å². The number of benzene rings is 1. The predicted octanol–water partition coefficient (Wildman–Crippen LogP) is 4.01. The van der Waals surface area contributed by atoms with Gasteiger partial charge in [-0.2, -0.15) is 5.10 Å². The summed E-state index contributed by atoms with van der Waals surface area (Å²) in [5.74, 6) is 0.811. The van der Waals surface area contributed by atoms with Crippen molar-refractivity contribution >= 4 is 22.5 Å². The van der Waals surface area contributed by atoms with Crippen LogP contribution in [0.15, 0.2) is 18.2 Å². The average Bonchev–Trinajstić information content (AvgIpc) is 2.96. The van der Waals surface area contributed by atoms with Gasteiger partial charge in [-0.25, -0.2) is 0 Å². The molecule has 2 aromatic rings. The van der Waals surface area contributed by atoms with E-state index in [9.17, 15) is 14.9 Å². The van der Waals surface area contributed by atoms with Crippen molar-refractivity contribution in [2.75, 3.05) is 13.1 Å². The molecule has 0 spiro atoms. The number of nitrogens with zero attached hydrogens (tertiary/aromatic N) is 3. The number of fused-ring (bicyclic) bond motifs is 1. The third-order valence-corrected chi connectivity index (χ3v) is 4.20. The SMILES string of the molecule is CC(C)CCN(CCC(C)C)C(=O)c1n[nH]c2ccc([N+](=O)[O-])cc12. The van der Waals surface area contributed by atoms with E-state index in [0.717, 1.165) is 12.8 Å². The van der Waals surface area contributed by atoms with E-state index in [-0.39, 0.29) is 17.3 Å². The molecule has 1 N–H and O–H groups in total. The molecule has 7 nitrogen and oxygen atoms in total. The number of nitrogens with one attached hydrogen (secondary N) is 1. The molecule has 1 aromatic heterocycles. The number of hydrogen-bond donors (Lipinski definition) is 1. The molecule has 1 amide bonds. The van der Waals surface area contributed by atoms with E-state index in [1.54, 1.807) is 6.07 Å². The molecule has 0 atom stereocenters. The van der Waals surface area contributed by atoms with Crippen LogP contribution in [0.2, 0.25) is 0 Å². The Balaban J connectivity index is 2.31. The van der Waals surface area contributed by atoms with Gasteiger partial charge < -0.3 is 4.90 Å². The molecule has 2 rings (SSSR count). The number of hydrogen-bond acceptors (Lipinski definition) is 4. The third kappa shape index (κ3) is 4.78. The number of aromatic nitrogens is 2. The second-order valence-corrected chi connectivity index (χ2v) is 7.22. The van der Waals surface area contributed by atoms with Gasteiger partial charge in [-0.05, 0) is 30.7 Å². The number of carbonyl (C=O) groups excluding carboxylic acids is 1. The second kappa shape index (κ2) is 8.09. The van der Waals surface area contributed by atoms with Gasteiger partial charge in [0.2, 0.25) is 0 Å². The smallest absolute Gasteiger partial charge is 0.274 e. The van der Waals surface area contributed by atoms with E-state index in [1.807, 2.05) is 4.90 Å². The lowest BCUT2D eigenvalue weighted by atomic mass is 10.1. The average molecular weight is 346 g/mol. The van der Waals surface area contributed by atoms with E-state index in [4.69, 9.17) is 0 Å². The Labute approximate surface area is 147 Å². The van der Waals surface area contributed by atoms with Crippen molar-refractivity contribution in [1.29, 1.82) is 0 Å². The van der Waals surface area contributed by atoms with Crippen LogP contribution in [-0.2, 0) is 0 Å². The largest absolute Gasteiger partial charge is 0.337 e. The molecule has 1 aromatic carbocycles. The minimum absolute atomic E-state index is 0.0427. The lowest BCUT2D eigenvalue weighted by molar-refractivity contribution is -0.384. The summed E-state index contributed by atoms with van der Waals surface area (Å²) in [6, 6.07) is 4.41. The first-order valence-corrected chi connectivity index (χ1v) is 8.71. The normalized spacial score (nSPS) is 11.4. The molecule has 0 aliphatic heterocycles. The number of nitro benzene ring substituents is 1. The van der Waals surface area contributed by atoms with Crippen molar-refractivity contribution < 1.29 is 9.72 Å². The Morgan fingerprint density at radius 3 is 2.32 bits per heavy atom. The fourth-order valence-corrected chi connectivity index (χ4v) is 2.57. The highest BCUT2D eigenvalue weighted by Crippen LogP contribution is 2.23. The maximum Gasteiger partial charge on any atom is 0.274 e. The Kier molecular flexibility index (Phi) is 6.12. The van der Waals surface area contributed by atoms with E-state index in [2.05, 4.69) is 37.9 Å². The zero-order chi connectivity index (χ0) is 18.6. The number of non-ortho nitro benzene ring substituents is 1. The zero-order valence-corrected chi connectivity index (χ0v) is 15.3. The van der Waals surface area contributed by atoms with Gasteiger partial charge in [0.1, 0.15) is 0 Å². The van der Waals surface area contributed by atoms with Crippen LogP contribution in [0.5, 0.6) is 0 Å². The Morgan fingerprint density at radius 1 is 1.20 bits per heavy atom. The summed E-state index contributed by atoms with van der Waals surface area (Å²) >= 11 is 0. The molecule has 0 unspecified atom stereocenters. The van der Waals surface area contributed by atoms with E-state index in [0.29, 0.717) is 35.8 Å². The quantitative estimate of drug-likeness (QED) is 0.577. The van der Waals surface area contributed by atoms with Crippen LogP contribution >= 0.6 is 0 Å². The highest BCUT2D eigenvalue weighted by Gasteiger charge is 2.22. The van der Waals surface area contributed by atoms with Gasteiger partial charge in [0.15, 0.2) is 5.69 Å². The van der Waals surface area contributed by atoms with E-state index in [1.165, 1.54) is 12.1 Å². The lowest BCUT2D eigenvalue weighted by Gasteiger charge is -2.23. The molecule has 136 valence electrons. The summed E-state index contributed by atoms with van der Waals surface area (Å²) in [4.78, 5) is 25.4. The van der Waals surface area contributed by atoms with E-state index >= 15 is 0 Å². The highest BCUT2D eigenvalue weighted by atomic mass is 16.6. The first kappa shape index (κ1) is 18.9. The maximum absolute atomic E-state index is 13.0. The summed E-state index contributed by atoms with van der Waals surface area (Å²) in [5, 5.41) is 18.4. The molecule has 0 fully saturated rings. The molecule has 7 heteroatoms. The topological polar surface area (TPSA) is 92.1 Å². The predicted molar refractivity (Wildman–Crippen MR) is 97.6 cm³/mol. The molecule has 0 bridgehead atoms. The molecule has 0 aliphatic carbocycles. The van der Waals surface area contributed by atoms with Crippen molar-refractivity contribution in [1.82, 2.24) is 15.1 Å². The lowest BCUT2D eigenvalue weighted by Crippen LogP contribution is -2.34. The monoisotopic (exact) mass is 346 g/mol. The number of nitro groups is 1. The van der Waals surface area contributed by atoms with Crippen LogP contribution in [-0.4, -0.2) is 39.0 Å². The number of rotatable bonds is 8. The van der Waals surface area contributed by atoms with Crippen molar-refractivity contribution in [3.05, 3.63) is 34.0 Å². The fourth-order valence-electron chi connectivity index (χ4n) is 2.57. The maximum atomic E-state index is 13.0. The third-order valence-electron chi connectivity index (χ3n) is 4.20. The van der Waals surface area contributed by atoms with Gasteiger partial charge >= 0.3 is 0 Å². The first-order chi connectivity index (χ1) is 11.8. The Bertz CT molecular complexity index is 740. The minimum Gasteiger partial charge on any atom is -0.337 e. The van der Waals surface area contributed by atoms with Crippen molar-refractivity contribution in [2.24, 2.45) is 11.8 Å². The molecule has 0 saturated carbocycles. The van der Waals surface area contributed by atoms with Crippen LogP contribution in [0.3, 0.4) is 0 Å². The van der Waals surface area contributed by atoms with Gasteiger partial charge in [-0.15, -0.1) is 0 Å². The van der Waals surface area contributed by atoms with Crippen LogP contribution in [0.1, 0.15) is 51.0 Å². The first-order valence-electron chi connectivity index (χ1n) is 8.71. The summed E-state index contributed by atoms with van der Waals surface area (Å²) < 4.78 is 0. The zero-order valence-electron chi connectivity index (χ0n) is 15.3. The van der Waals surface area contributed by atoms with Crippen LogP contribution < -0.4 is 0 Å². The van der Waals surface area contributed by atoms with Crippen molar-refractivity contribution in [3.63, 3.8) is 0 Å². The summed E-state index contributed by atoms with van der Waals surface area (Å²) in [5.41, 5.74) is 0.840. The molecule has 0 aliphatic rings.